The van der Waals surface area contributed by atoms with Crippen molar-refractivity contribution in [2.45, 2.75) is 45.6 Å². The molecule has 2 aromatic heterocycles. The first kappa shape index (κ1) is 23.4. The highest BCUT2D eigenvalue weighted by Gasteiger charge is 2.17. The van der Waals surface area contributed by atoms with Crippen LogP contribution in [0.4, 0.5) is 16.3 Å². The fraction of sp³-hybridized carbons (Fsp3) is 0.346. The zero-order valence-corrected chi connectivity index (χ0v) is 19.8. The number of anilines is 2. The second kappa shape index (κ2) is 10.9. The van der Waals surface area contributed by atoms with Gasteiger partial charge in [0.25, 0.3) is 0 Å². The summed E-state index contributed by atoms with van der Waals surface area (Å²) in [4.78, 5) is 21.7. The van der Waals surface area contributed by atoms with Crippen LogP contribution in [0.1, 0.15) is 38.4 Å². The van der Waals surface area contributed by atoms with Crippen LogP contribution in [0.25, 0.3) is 21.9 Å². The first-order chi connectivity index (χ1) is 16.6. The molecule has 0 aliphatic carbocycles. The van der Waals surface area contributed by atoms with Gasteiger partial charge in [0.1, 0.15) is 17.1 Å². The number of ether oxygens (including phenoxy) is 1. The number of nitrogen functional groups attached to an aromatic ring is 1. The van der Waals surface area contributed by atoms with E-state index in [2.05, 4.69) is 33.2 Å². The van der Waals surface area contributed by atoms with Crippen molar-refractivity contribution in [1.82, 2.24) is 19.9 Å². The molecule has 0 unspecified atom stereocenters. The molecule has 4 aromatic rings. The van der Waals surface area contributed by atoms with Crippen molar-refractivity contribution in [2.24, 2.45) is 0 Å². The summed E-state index contributed by atoms with van der Waals surface area (Å²) in [5, 5.41) is 6.83. The van der Waals surface area contributed by atoms with Crippen LogP contribution >= 0.6 is 0 Å². The van der Waals surface area contributed by atoms with Gasteiger partial charge in [-0.15, -0.1) is 0 Å². The molecule has 0 aliphatic heterocycles. The molecule has 8 heteroatoms. The van der Waals surface area contributed by atoms with Gasteiger partial charge in [-0.25, -0.2) is 14.8 Å². The molecular formula is C26H32N6O2. The maximum Gasteiger partial charge on any atom is 0.319 e. The number of methoxy groups -OCH3 is 1. The first-order valence-corrected chi connectivity index (χ1v) is 11.8. The number of hydrogen-bond donors (Lipinski definition) is 3. The van der Waals surface area contributed by atoms with Gasteiger partial charge in [-0.05, 0) is 37.5 Å². The second-order valence-electron chi connectivity index (χ2n) is 8.28. The summed E-state index contributed by atoms with van der Waals surface area (Å²) in [6.07, 6.45) is 4.81. The highest BCUT2D eigenvalue weighted by atomic mass is 16.5. The smallest absolute Gasteiger partial charge is 0.319 e. The number of nitrogens with one attached hydrogen (secondary N) is 2. The maximum atomic E-state index is 12.3. The Hall–Kier alpha value is -3.81. The largest absolute Gasteiger partial charge is 0.495 e. The van der Waals surface area contributed by atoms with Crippen LogP contribution in [-0.2, 0) is 13.0 Å². The number of unbranched alkanes of at least 4 members (excludes halogenated alkanes) is 2. The number of carbonyl (C=O) groups excluding carboxylic acids is 1. The standard InChI is InChI=1S/C26H32N6O2/c1-3-4-15-22-31-23-24(18-11-5-6-12-19(18)29-25(23)27)32(22)17-10-9-16-28-26(33)30-20-13-7-8-14-21(20)34-2/h5-8,11-14H,3-4,9-10,15-17H2,1-2H3,(H2,27,29)(H2,28,30,33). The molecule has 0 atom stereocenters. The monoisotopic (exact) mass is 460 g/mol. The van der Waals surface area contributed by atoms with E-state index in [4.69, 9.17) is 15.5 Å². The number of para-hydroxylation sites is 3. The third-order valence-corrected chi connectivity index (χ3v) is 5.89. The van der Waals surface area contributed by atoms with Crippen molar-refractivity contribution in [1.29, 1.82) is 0 Å². The molecule has 0 saturated carbocycles. The minimum absolute atomic E-state index is 0.244. The Bertz CT molecular complexity index is 1280. The van der Waals surface area contributed by atoms with E-state index in [9.17, 15) is 4.79 Å². The van der Waals surface area contributed by atoms with E-state index in [1.54, 1.807) is 7.11 Å². The Morgan fingerprint density at radius 2 is 1.85 bits per heavy atom. The van der Waals surface area contributed by atoms with Crippen LogP contribution in [0.15, 0.2) is 48.5 Å². The van der Waals surface area contributed by atoms with Gasteiger partial charge < -0.3 is 25.7 Å². The van der Waals surface area contributed by atoms with Crippen LogP contribution in [-0.4, -0.2) is 34.2 Å². The Morgan fingerprint density at radius 3 is 2.68 bits per heavy atom. The summed E-state index contributed by atoms with van der Waals surface area (Å²) >= 11 is 0. The van der Waals surface area contributed by atoms with E-state index in [0.29, 0.717) is 23.8 Å². The predicted octanol–water partition coefficient (Wildman–Crippen LogP) is 5.12. The number of pyridine rings is 1. The SMILES string of the molecule is CCCCc1nc2c(N)nc3ccccc3c2n1CCCCNC(=O)Nc1ccccc1OC. The lowest BCUT2D eigenvalue weighted by Crippen LogP contribution is -2.29. The molecule has 0 fully saturated rings. The molecule has 4 N–H and O–H groups in total. The maximum absolute atomic E-state index is 12.3. The number of aryl methyl sites for hydroxylation is 2. The van der Waals surface area contributed by atoms with Gasteiger partial charge in [0.2, 0.25) is 0 Å². The van der Waals surface area contributed by atoms with Crippen LogP contribution in [0.3, 0.4) is 0 Å². The molecule has 2 aromatic carbocycles. The van der Waals surface area contributed by atoms with Gasteiger partial charge in [-0.3, -0.25) is 0 Å². The average Bonchev–Trinajstić information content (AvgIpc) is 3.22. The number of hydrogen-bond acceptors (Lipinski definition) is 5. The van der Waals surface area contributed by atoms with Crippen LogP contribution in [0, 0.1) is 0 Å². The van der Waals surface area contributed by atoms with Crippen molar-refractivity contribution in [3.05, 3.63) is 54.4 Å². The number of nitrogens with two attached hydrogens (primary N) is 1. The van der Waals surface area contributed by atoms with Crippen LogP contribution in [0.5, 0.6) is 5.75 Å². The Balaban J connectivity index is 1.43. The first-order valence-electron chi connectivity index (χ1n) is 11.8. The fourth-order valence-electron chi connectivity index (χ4n) is 4.18. The second-order valence-corrected chi connectivity index (χ2v) is 8.28. The number of rotatable bonds is 10. The number of nitrogens with zero attached hydrogens (tertiary/aromatic N) is 3. The Labute approximate surface area is 199 Å². The number of amides is 2. The van der Waals surface area contributed by atoms with Crippen molar-refractivity contribution < 1.29 is 9.53 Å². The fourth-order valence-corrected chi connectivity index (χ4v) is 4.18. The Kier molecular flexibility index (Phi) is 7.47. The lowest BCUT2D eigenvalue weighted by molar-refractivity contribution is 0.251. The summed E-state index contributed by atoms with van der Waals surface area (Å²) in [5.41, 5.74) is 9.63. The average molecular weight is 461 g/mol. The highest BCUT2D eigenvalue weighted by molar-refractivity contribution is 6.06. The number of fused-ring (bicyclic) bond motifs is 3. The normalized spacial score (nSPS) is 11.1. The van der Waals surface area contributed by atoms with Crippen molar-refractivity contribution in [3.63, 3.8) is 0 Å². The number of urea groups is 1. The molecule has 0 aliphatic rings. The zero-order chi connectivity index (χ0) is 23.9. The van der Waals surface area contributed by atoms with Crippen molar-refractivity contribution in [2.75, 3.05) is 24.7 Å². The van der Waals surface area contributed by atoms with E-state index in [1.807, 2.05) is 42.5 Å². The summed E-state index contributed by atoms with van der Waals surface area (Å²) < 4.78 is 7.57. The summed E-state index contributed by atoms with van der Waals surface area (Å²) in [5.74, 6) is 2.15. The summed E-state index contributed by atoms with van der Waals surface area (Å²) in [6, 6.07) is 15.2. The van der Waals surface area contributed by atoms with E-state index >= 15 is 0 Å². The third-order valence-electron chi connectivity index (χ3n) is 5.89. The topological polar surface area (TPSA) is 107 Å². The van der Waals surface area contributed by atoms with Gasteiger partial charge in [0, 0.05) is 24.9 Å². The number of imidazole rings is 1. The molecule has 178 valence electrons. The third kappa shape index (κ3) is 5.06. The van der Waals surface area contributed by atoms with E-state index in [0.717, 1.165) is 66.4 Å². The highest BCUT2D eigenvalue weighted by Crippen LogP contribution is 2.29. The lowest BCUT2D eigenvalue weighted by Gasteiger charge is -2.12. The molecule has 2 amide bonds. The van der Waals surface area contributed by atoms with Gasteiger partial charge in [-0.2, -0.15) is 0 Å². The molecule has 0 radical (unpaired) electrons. The Morgan fingerprint density at radius 1 is 1.06 bits per heavy atom. The number of carbonyl (C=O) groups is 1. The van der Waals surface area contributed by atoms with Crippen molar-refractivity contribution >= 4 is 39.5 Å². The minimum Gasteiger partial charge on any atom is -0.495 e. The van der Waals surface area contributed by atoms with Gasteiger partial charge >= 0.3 is 6.03 Å². The number of benzene rings is 2. The molecule has 0 bridgehead atoms. The molecular weight excluding hydrogens is 428 g/mol. The molecule has 0 saturated heterocycles. The van der Waals surface area contributed by atoms with E-state index in [1.165, 1.54) is 0 Å². The van der Waals surface area contributed by atoms with Gasteiger partial charge in [-0.1, -0.05) is 43.7 Å². The molecule has 0 spiro atoms. The van der Waals surface area contributed by atoms with Crippen LogP contribution in [0.2, 0.25) is 0 Å². The van der Waals surface area contributed by atoms with Crippen molar-refractivity contribution in [3.8, 4) is 5.75 Å². The lowest BCUT2D eigenvalue weighted by atomic mass is 10.2. The molecule has 8 nitrogen and oxygen atoms in total. The molecule has 4 rings (SSSR count). The van der Waals surface area contributed by atoms with E-state index in [-0.39, 0.29) is 6.03 Å². The quantitative estimate of drug-likeness (QED) is 0.285. The summed E-state index contributed by atoms with van der Waals surface area (Å²) in [7, 11) is 1.58. The summed E-state index contributed by atoms with van der Waals surface area (Å²) in [6.45, 7) is 3.56. The predicted molar refractivity (Wildman–Crippen MR) is 137 cm³/mol. The van der Waals surface area contributed by atoms with Crippen LogP contribution < -0.4 is 21.1 Å². The zero-order valence-electron chi connectivity index (χ0n) is 19.8. The van der Waals surface area contributed by atoms with Gasteiger partial charge in [0.15, 0.2) is 5.82 Å². The minimum atomic E-state index is -0.244. The molecule has 2 heterocycles. The molecule has 34 heavy (non-hydrogen) atoms. The van der Waals surface area contributed by atoms with E-state index < -0.39 is 0 Å². The van der Waals surface area contributed by atoms with Gasteiger partial charge in [0.05, 0.1) is 23.8 Å². The number of aromatic nitrogens is 3.